The molecule has 3 aliphatic carbocycles. The van der Waals surface area contributed by atoms with Crippen LogP contribution in [0.2, 0.25) is 30.1 Å². The number of rotatable bonds is 36. The van der Waals surface area contributed by atoms with Crippen molar-refractivity contribution in [2.24, 2.45) is 17.8 Å². The Morgan fingerprint density at radius 2 is 0.793 bits per heavy atom. The van der Waals surface area contributed by atoms with Gasteiger partial charge in [-0.3, -0.25) is 5.32 Å². The van der Waals surface area contributed by atoms with E-state index in [2.05, 4.69) is 40.2 Å². The predicted octanol–water partition coefficient (Wildman–Crippen LogP) is 15.3. The second-order valence-electron chi connectivity index (χ2n) is 31.3. The van der Waals surface area contributed by atoms with E-state index < -0.39 is 101 Å². The molecular formula is C90H107Cl8F6N9O26S6. The topological polar surface area (TPSA) is 573 Å². The number of anilines is 1. The summed E-state index contributed by atoms with van der Waals surface area (Å²) in [5.74, 6) is 0.320. The maximum atomic E-state index is 13.7. The number of ether oxygens (including phenoxy) is 10. The second kappa shape index (κ2) is 61.8. The summed E-state index contributed by atoms with van der Waals surface area (Å²) in [5, 5.41) is 3.76. The molecule has 0 amide bonds. The number of hydrogen-bond donors (Lipinski definition) is 4. The van der Waals surface area contributed by atoms with Crippen LogP contribution in [0.3, 0.4) is 0 Å². The zero-order valence-corrected chi connectivity index (χ0v) is 87.9. The third-order valence-electron chi connectivity index (χ3n) is 21.2. The first-order valence-electron chi connectivity index (χ1n) is 43.2. The van der Waals surface area contributed by atoms with E-state index in [0.717, 1.165) is 95.3 Å². The molecule has 55 heteroatoms. The summed E-state index contributed by atoms with van der Waals surface area (Å²) >= 11 is 42.0. The first-order valence-corrected chi connectivity index (χ1v) is 53.8. The first-order chi connectivity index (χ1) is 66.0. The van der Waals surface area contributed by atoms with E-state index in [-0.39, 0.29) is 153 Å². The Labute approximate surface area is 885 Å². The van der Waals surface area contributed by atoms with Crippen LogP contribution in [0.4, 0.5) is 43.4 Å². The molecule has 17 N–H and O–H groups in total. The summed E-state index contributed by atoms with van der Waals surface area (Å²) in [5.41, 5.74) is 13.4. The molecule has 0 bridgehead atoms. The first kappa shape index (κ1) is 129. The van der Waals surface area contributed by atoms with Crippen LogP contribution >= 0.6 is 128 Å². The number of H-pyrrole nitrogens is 3. The number of sulfonamides is 2. The van der Waals surface area contributed by atoms with Crippen molar-refractivity contribution < 1.29 is 172 Å². The van der Waals surface area contributed by atoms with Crippen LogP contribution in [0.5, 0.6) is 34.5 Å². The van der Waals surface area contributed by atoms with Gasteiger partial charge in [0.1, 0.15) is 54.1 Å². The van der Waals surface area contributed by atoms with Gasteiger partial charge in [-0.15, -0.1) is 47.7 Å². The number of thioether (sulfide) groups is 3. The number of hydrogen-bond acceptors (Lipinski definition) is 30. The molecule has 4 aliphatic heterocycles. The maximum Gasteiger partial charge on any atom is 0.387 e. The number of nitrogen functional groups attached to an aromatic ring is 1. The standard InChI is InChI=1S/C28H25Cl2F2N3O7S2.C28H27Cl2F2N3O6S2.C22H22Cl2F2N2O4S.C6H6ClNO2S.C4H8O.C2H6.ClH.6H2O/c29-21-13-33-14-22(30)20(21)12-24(17-3-8-23(42-28(31)32)25(11-17)40-15-16-1-2-16)41-27(36)26-35(9-10-43-26)44(38,39)19-6-4-18(34-37)5-7-19;29-21-13-34-14-22(30)20(21)12-24(17-3-8-23(41-28(31)32)25(11-17)39-15-16-1-2-16)40-27(36)26-35(9-10-42-26)43(37,38)19-6-4-18(33)5-7-19;23-15-9-27-10-16(24)14(15)8-18(31-21(29)20-28-5-6-33-20)13-3-4-17(32-22(25)26)19(7-13)30-11-12-1-2-12;7-11(9,10)6-3-1-5(8)2-4-6;1-2-4-5-3-1;1-2;;;;;;;/h3-8,11,13-14,16,24,26,28H,1-2,9-10,12,15H2;3-8,11,13-14,16,24,26,28H,1-2,9-10,12,15,33H2;3-4,7,9-10,12,18,20,22,28H,1-2,5-6,8,11H2;1-4H,8H2;1-4H2;1-2H3;1H;6*1H2/t2*24-,26?;18-,20?;;;;;;;;;;/m000........../s1. The van der Waals surface area contributed by atoms with Crippen LogP contribution < -0.4 is 65.3 Å². The number of benzene rings is 6. The van der Waals surface area contributed by atoms with Crippen LogP contribution in [0, 0.1) is 22.7 Å². The van der Waals surface area contributed by atoms with Crippen LogP contribution in [0.1, 0.15) is 117 Å². The van der Waals surface area contributed by atoms with Gasteiger partial charge in [-0.25, -0.2) is 54.6 Å². The Bertz CT molecular complexity index is 5920. The molecule has 3 aromatic heterocycles. The molecule has 4 saturated heterocycles. The van der Waals surface area contributed by atoms with Gasteiger partial charge >= 0.3 is 37.7 Å². The van der Waals surface area contributed by atoms with Crippen LogP contribution in [0.15, 0.2) is 179 Å². The van der Waals surface area contributed by atoms with Crippen molar-refractivity contribution in [1.82, 2.24) is 13.9 Å². The van der Waals surface area contributed by atoms with Crippen molar-refractivity contribution >= 4 is 192 Å². The summed E-state index contributed by atoms with van der Waals surface area (Å²) < 4.78 is 210. The molecule has 145 heavy (non-hydrogen) atoms. The molecule has 35 nitrogen and oxygen atoms in total. The number of aromatic amines is 3. The van der Waals surface area contributed by atoms with Gasteiger partial charge in [0.25, 0.3) is 14.7 Å². The molecular weight excluding hydrogens is 2210 g/mol. The highest BCUT2D eigenvalue weighted by Crippen LogP contribution is 2.45. The average Bonchev–Trinajstić information content (AvgIpc) is 1.68. The van der Waals surface area contributed by atoms with Crippen molar-refractivity contribution in [3.63, 3.8) is 0 Å². The second-order valence-corrected chi connectivity index (χ2v) is 43.7. The van der Waals surface area contributed by atoms with E-state index in [0.29, 0.717) is 105 Å². The Morgan fingerprint density at radius 3 is 1.08 bits per heavy atom. The van der Waals surface area contributed by atoms with E-state index >= 15 is 0 Å². The van der Waals surface area contributed by atoms with Crippen molar-refractivity contribution in [3.05, 3.63) is 233 Å². The Kier molecular flexibility index (Phi) is 55.0. The highest BCUT2D eigenvalue weighted by Gasteiger charge is 2.45. The Hall–Kier alpha value is -8.26. The summed E-state index contributed by atoms with van der Waals surface area (Å²) in [7, 11) is -6.70. The van der Waals surface area contributed by atoms with E-state index in [1.54, 1.807) is 41.8 Å². The number of nitroso groups, excluding NO2 is 1. The van der Waals surface area contributed by atoms with Gasteiger partial charge in [0.05, 0.1) is 34.5 Å². The molecule has 0 radical (unpaired) electrons. The number of carbonyl (C=O) groups is 3. The van der Waals surface area contributed by atoms with Gasteiger partial charge < -0.3 is 91.7 Å². The van der Waals surface area contributed by atoms with Gasteiger partial charge in [-0.05, 0) is 171 Å². The monoisotopic (exact) mass is 2320 g/mol. The maximum absolute atomic E-state index is 13.7. The molecule has 6 aromatic carbocycles. The fourth-order valence-electron chi connectivity index (χ4n) is 13.5. The van der Waals surface area contributed by atoms with Gasteiger partial charge in [0.15, 0.2) is 87.8 Å². The van der Waals surface area contributed by atoms with Crippen LogP contribution in [0.25, 0.3) is 0 Å². The molecule has 16 rings (SSSR count). The molecule has 6 atom stereocenters. The molecule has 7 aliphatic rings. The minimum atomic E-state index is -4.14. The van der Waals surface area contributed by atoms with Gasteiger partial charge in [0.2, 0.25) is 20.0 Å². The predicted molar refractivity (Wildman–Crippen MR) is 530 cm³/mol. The lowest BCUT2D eigenvalue weighted by atomic mass is 10.0. The summed E-state index contributed by atoms with van der Waals surface area (Å²) in [4.78, 5) is 59.5. The summed E-state index contributed by atoms with van der Waals surface area (Å²) in [6.07, 6.45) is 15.0. The third-order valence-corrected chi connectivity index (χ3v) is 32.2. The van der Waals surface area contributed by atoms with E-state index in [1.807, 2.05) is 13.8 Å². The van der Waals surface area contributed by atoms with E-state index in [4.69, 9.17) is 119 Å². The zero-order valence-electron chi connectivity index (χ0n) is 76.9. The number of esters is 3. The summed E-state index contributed by atoms with van der Waals surface area (Å²) in [6, 6.07) is 29.9. The van der Waals surface area contributed by atoms with Crippen LogP contribution in [-0.2, 0) is 81.7 Å². The van der Waals surface area contributed by atoms with Crippen molar-refractivity contribution in [2.45, 2.75) is 153 Å². The lowest BCUT2D eigenvalue weighted by molar-refractivity contribution is -0.379. The van der Waals surface area contributed by atoms with Crippen molar-refractivity contribution in [2.75, 3.05) is 75.7 Å². The third kappa shape index (κ3) is 38.6. The van der Waals surface area contributed by atoms with Crippen molar-refractivity contribution in [3.8, 4) is 34.5 Å². The highest BCUT2D eigenvalue weighted by atomic mass is 35.7. The van der Waals surface area contributed by atoms with E-state index in [1.165, 1.54) is 153 Å². The average molecular weight is 2320 g/mol. The Balaban J connectivity index is 0.000000409. The molecule has 3 unspecified atom stereocenters. The number of alkyl halides is 6. The number of aromatic nitrogens is 3. The number of nitrogens with two attached hydrogens (primary N) is 1. The largest absolute Gasteiger partial charge is 0.870 e. The van der Waals surface area contributed by atoms with Crippen molar-refractivity contribution in [1.29, 1.82) is 0 Å². The molecule has 7 fully saturated rings. The smallest absolute Gasteiger partial charge is 0.387 e. The van der Waals surface area contributed by atoms with E-state index in [9.17, 15) is 70.9 Å². The normalized spacial score (nSPS) is 16.8. The minimum Gasteiger partial charge on any atom is -0.870 e. The summed E-state index contributed by atoms with van der Waals surface area (Å²) in [6.45, 7) is -1.28. The number of nitrogens with one attached hydrogen (secondary N) is 5. The SMILES string of the molecule is C1CCOC1.CC.Cl.Nc1ccc(S(=O)(=O)N2CCSC2C(=O)O[C@@H](Cc2c(Cl)c[nH+]cc2Cl)c2ccc(OC(F)F)c(OCC3CC3)c2)cc1.O.O=C(O[C@@H](Cc1c(Cl)c[nH+]cc1Cl)c1ccc(OC(F)F)c(OCC2CC2)c1)C1NCCS1.O=[NH+]c1ccc(S(=O)(=O)N2CCSC2C(=O)O[C@@H](Cc2c(Cl)c[nH+]cc2Cl)c2ccc(OC(F)F)c(OCC3CC3)c2)cc1.[NH3+]c1ccc(S(=O)(=O)Cl)cc1.[OH-].[OH-].[OH-].[OH-].[OH-]. The van der Waals surface area contributed by atoms with Gasteiger partial charge in [-0.1, -0.05) is 102 Å². The fourth-order valence-corrected chi connectivity index (χ4v) is 22.9. The zero-order chi connectivity index (χ0) is 99.5. The fraction of sp³-hybridized carbons (Fsp3) is 0.400. The lowest BCUT2D eigenvalue weighted by Gasteiger charge is -2.26. The number of carbonyl (C=O) groups excluding carboxylic acids is 3. The number of quaternary nitrogens is 1. The number of nitrogens with zero attached hydrogens (tertiary/aromatic N) is 2. The lowest BCUT2D eigenvalue weighted by Crippen LogP contribution is -2.55. The number of halogens is 14. The Morgan fingerprint density at radius 1 is 0.476 bits per heavy atom. The molecule has 7 heterocycles. The molecule has 3 saturated carbocycles. The van der Waals surface area contributed by atoms with Crippen LogP contribution in [-0.4, -0.2) is 191 Å². The minimum absolute atomic E-state index is 0. The van der Waals surface area contributed by atoms with Gasteiger partial charge in [-0.2, -0.15) is 35.0 Å². The molecule has 0 spiro atoms. The quantitative estimate of drug-likeness (QED) is 0.00931. The molecule has 9 aromatic rings. The number of pyridine rings is 3. The highest BCUT2D eigenvalue weighted by molar-refractivity contribution is 8.13. The molecule has 802 valence electrons. The van der Waals surface area contributed by atoms with Gasteiger partial charge in [0, 0.05) is 137 Å².